The summed E-state index contributed by atoms with van der Waals surface area (Å²) in [6.07, 6.45) is 1.10. The number of sulfonamides is 1. The molecule has 1 aromatic carbocycles. The van der Waals surface area contributed by atoms with Crippen molar-refractivity contribution in [1.29, 1.82) is 0 Å². The van der Waals surface area contributed by atoms with Crippen LogP contribution in [0.3, 0.4) is 0 Å². The van der Waals surface area contributed by atoms with Crippen molar-refractivity contribution in [3.8, 4) is 0 Å². The quantitative estimate of drug-likeness (QED) is 0.886. The summed E-state index contributed by atoms with van der Waals surface area (Å²) in [5, 5.41) is 0. The summed E-state index contributed by atoms with van der Waals surface area (Å²) in [4.78, 5) is 2.67. The van der Waals surface area contributed by atoms with E-state index in [0.29, 0.717) is 24.5 Å². The van der Waals surface area contributed by atoms with E-state index in [9.17, 15) is 8.42 Å². The van der Waals surface area contributed by atoms with Crippen LogP contribution >= 0.6 is 0 Å². The minimum Gasteiger partial charge on any atom is -0.326 e. The van der Waals surface area contributed by atoms with Gasteiger partial charge in [0.05, 0.1) is 4.90 Å². The molecular formula is C15H25N3O2S. The highest BCUT2D eigenvalue weighted by atomic mass is 32.2. The van der Waals surface area contributed by atoms with E-state index in [0.717, 1.165) is 37.2 Å². The second kappa shape index (κ2) is 6.87. The Balaban J connectivity index is 2.15. The van der Waals surface area contributed by atoms with Crippen LogP contribution in [0.25, 0.3) is 0 Å². The zero-order valence-electron chi connectivity index (χ0n) is 12.9. The first-order valence-corrected chi connectivity index (χ1v) is 8.95. The van der Waals surface area contributed by atoms with Crippen LogP contribution in [0.2, 0.25) is 0 Å². The number of hydrogen-bond acceptors (Lipinski definition) is 4. The highest BCUT2D eigenvalue weighted by molar-refractivity contribution is 7.89. The Bertz CT molecular complexity index is 579. The molecule has 6 heteroatoms. The number of nitrogens with two attached hydrogens (primary N) is 1. The van der Waals surface area contributed by atoms with Crippen LogP contribution in [0.15, 0.2) is 23.1 Å². The van der Waals surface area contributed by atoms with Gasteiger partial charge < -0.3 is 10.6 Å². The minimum absolute atomic E-state index is 0.359. The first kappa shape index (κ1) is 16.4. The molecular weight excluding hydrogens is 286 g/mol. The van der Waals surface area contributed by atoms with Gasteiger partial charge in [-0.2, -0.15) is 4.31 Å². The summed E-state index contributed by atoms with van der Waals surface area (Å²) in [5.41, 5.74) is 7.60. The van der Waals surface area contributed by atoms with Crippen LogP contribution in [-0.4, -0.2) is 50.3 Å². The van der Waals surface area contributed by atoms with Crippen molar-refractivity contribution in [2.45, 2.75) is 31.7 Å². The maximum atomic E-state index is 12.7. The van der Waals surface area contributed by atoms with Gasteiger partial charge in [-0.3, -0.25) is 0 Å². The summed E-state index contributed by atoms with van der Waals surface area (Å²) in [7, 11) is -3.40. The third-order valence-corrected chi connectivity index (χ3v) is 5.94. The highest BCUT2D eigenvalue weighted by Gasteiger charge is 2.28. The van der Waals surface area contributed by atoms with Gasteiger partial charge in [0.15, 0.2) is 0 Å². The average Bonchev–Trinajstić information content (AvgIpc) is 2.48. The molecule has 5 nitrogen and oxygen atoms in total. The SMILES string of the molecule is CCCN1CCN(S(=O)(=O)c2ccc(C)c(CN)c2)CC1. The van der Waals surface area contributed by atoms with Crippen LogP contribution in [0.1, 0.15) is 24.5 Å². The van der Waals surface area contributed by atoms with Crippen LogP contribution < -0.4 is 5.73 Å². The molecule has 1 heterocycles. The largest absolute Gasteiger partial charge is 0.326 e. The second-order valence-electron chi connectivity index (χ2n) is 5.54. The number of hydrogen-bond donors (Lipinski definition) is 1. The van der Waals surface area contributed by atoms with Crippen LogP contribution in [0.4, 0.5) is 0 Å². The molecule has 0 amide bonds. The van der Waals surface area contributed by atoms with Gasteiger partial charge in [0.2, 0.25) is 10.0 Å². The van der Waals surface area contributed by atoms with Gasteiger partial charge in [-0.15, -0.1) is 0 Å². The third kappa shape index (κ3) is 3.63. The van der Waals surface area contributed by atoms with Crippen LogP contribution in [0, 0.1) is 6.92 Å². The maximum absolute atomic E-state index is 12.7. The van der Waals surface area contributed by atoms with E-state index in [1.807, 2.05) is 13.0 Å². The van der Waals surface area contributed by atoms with Gasteiger partial charge in [-0.25, -0.2) is 8.42 Å². The Kier molecular flexibility index (Phi) is 5.37. The summed E-state index contributed by atoms with van der Waals surface area (Å²) in [6, 6.07) is 5.23. The Morgan fingerprint density at radius 1 is 1.19 bits per heavy atom. The Morgan fingerprint density at radius 2 is 1.86 bits per heavy atom. The molecule has 1 fully saturated rings. The van der Waals surface area contributed by atoms with Crippen molar-refractivity contribution in [2.24, 2.45) is 5.73 Å². The minimum atomic E-state index is -3.40. The molecule has 2 N–H and O–H groups in total. The van der Waals surface area contributed by atoms with Crippen molar-refractivity contribution in [3.05, 3.63) is 29.3 Å². The smallest absolute Gasteiger partial charge is 0.243 e. The molecule has 118 valence electrons. The molecule has 1 aliphatic heterocycles. The Labute approximate surface area is 127 Å². The number of rotatable bonds is 5. The molecule has 1 saturated heterocycles. The summed E-state index contributed by atoms with van der Waals surface area (Å²) < 4.78 is 27.0. The van der Waals surface area contributed by atoms with Crippen molar-refractivity contribution in [2.75, 3.05) is 32.7 Å². The highest BCUT2D eigenvalue weighted by Crippen LogP contribution is 2.20. The van der Waals surface area contributed by atoms with E-state index in [1.54, 1.807) is 16.4 Å². The monoisotopic (exact) mass is 311 g/mol. The van der Waals surface area contributed by atoms with Gasteiger partial charge in [0.1, 0.15) is 0 Å². The zero-order valence-corrected chi connectivity index (χ0v) is 13.7. The van der Waals surface area contributed by atoms with Crippen molar-refractivity contribution >= 4 is 10.0 Å². The maximum Gasteiger partial charge on any atom is 0.243 e. The predicted molar refractivity (Wildman–Crippen MR) is 84.6 cm³/mol. The summed E-state index contributed by atoms with van der Waals surface area (Å²) in [5.74, 6) is 0. The van der Waals surface area contributed by atoms with Gasteiger partial charge in [0, 0.05) is 32.7 Å². The first-order chi connectivity index (χ1) is 9.98. The van der Waals surface area contributed by atoms with E-state index in [-0.39, 0.29) is 0 Å². The fourth-order valence-corrected chi connectivity index (χ4v) is 4.16. The average molecular weight is 311 g/mol. The van der Waals surface area contributed by atoms with E-state index in [2.05, 4.69) is 11.8 Å². The number of aryl methyl sites for hydroxylation is 1. The van der Waals surface area contributed by atoms with Crippen LogP contribution in [-0.2, 0) is 16.6 Å². The van der Waals surface area contributed by atoms with Crippen molar-refractivity contribution in [3.63, 3.8) is 0 Å². The normalized spacial score (nSPS) is 18.0. The number of piperazine rings is 1. The lowest BCUT2D eigenvalue weighted by molar-refractivity contribution is 0.188. The molecule has 0 atom stereocenters. The number of benzene rings is 1. The fraction of sp³-hybridized carbons (Fsp3) is 0.600. The van der Waals surface area contributed by atoms with Crippen molar-refractivity contribution < 1.29 is 8.42 Å². The van der Waals surface area contributed by atoms with E-state index < -0.39 is 10.0 Å². The van der Waals surface area contributed by atoms with E-state index >= 15 is 0 Å². The third-order valence-electron chi connectivity index (χ3n) is 4.05. The molecule has 0 bridgehead atoms. The molecule has 0 spiro atoms. The zero-order chi connectivity index (χ0) is 15.5. The standard InChI is InChI=1S/C15H25N3O2S/c1-3-6-17-7-9-18(10-8-17)21(19,20)15-5-4-13(2)14(11-15)12-16/h4-5,11H,3,6-10,12,16H2,1-2H3. The predicted octanol–water partition coefficient (Wildman–Crippen LogP) is 1.17. The van der Waals surface area contributed by atoms with Crippen molar-refractivity contribution in [1.82, 2.24) is 9.21 Å². The molecule has 2 rings (SSSR count). The summed E-state index contributed by atoms with van der Waals surface area (Å²) in [6.45, 7) is 8.23. The topological polar surface area (TPSA) is 66.6 Å². The van der Waals surface area contributed by atoms with Gasteiger partial charge in [-0.1, -0.05) is 13.0 Å². The lowest BCUT2D eigenvalue weighted by Crippen LogP contribution is -2.48. The lowest BCUT2D eigenvalue weighted by Gasteiger charge is -2.33. The molecule has 1 aromatic rings. The molecule has 0 unspecified atom stereocenters. The molecule has 21 heavy (non-hydrogen) atoms. The van der Waals surface area contributed by atoms with Crippen LogP contribution in [0.5, 0.6) is 0 Å². The first-order valence-electron chi connectivity index (χ1n) is 7.51. The number of nitrogens with zero attached hydrogens (tertiary/aromatic N) is 2. The molecule has 0 saturated carbocycles. The fourth-order valence-electron chi connectivity index (χ4n) is 2.69. The lowest BCUT2D eigenvalue weighted by atomic mass is 10.1. The van der Waals surface area contributed by atoms with Gasteiger partial charge >= 0.3 is 0 Å². The molecule has 0 aromatic heterocycles. The Hall–Kier alpha value is -0.950. The molecule has 1 aliphatic rings. The van der Waals surface area contributed by atoms with E-state index in [4.69, 9.17) is 5.73 Å². The summed E-state index contributed by atoms with van der Waals surface area (Å²) >= 11 is 0. The van der Waals surface area contributed by atoms with Gasteiger partial charge in [-0.05, 0) is 43.1 Å². The molecule has 0 aliphatic carbocycles. The molecule has 0 radical (unpaired) electrons. The Morgan fingerprint density at radius 3 is 2.43 bits per heavy atom. The van der Waals surface area contributed by atoms with Gasteiger partial charge in [0.25, 0.3) is 0 Å². The second-order valence-corrected chi connectivity index (χ2v) is 7.48. The van der Waals surface area contributed by atoms with E-state index in [1.165, 1.54) is 0 Å².